The molecule has 1 saturated carbocycles. The van der Waals surface area contributed by atoms with Crippen molar-refractivity contribution in [1.29, 1.82) is 0 Å². The molecule has 0 bridgehead atoms. The van der Waals surface area contributed by atoms with Crippen LogP contribution in [0.15, 0.2) is 24.5 Å². The topological polar surface area (TPSA) is 46.9 Å². The van der Waals surface area contributed by atoms with E-state index in [9.17, 15) is 4.79 Å². The zero-order chi connectivity index (χ0) is 15.4. The van der Waals surface area contributed by atoms with Crippen LogP contribution in [0.1, 0.15) is 51.9 Å². The number of aromatic nitrogens is 2. The molecule has 0 aliphatic heterocycles. The lowest BCUT2D eigenvalue weighted by Crippen LogP contribution is -2.24. The van der Waals surface area contributed by atoms with Crippen LogP contribution >= 0.6 is 0 Å². The number of imidazole rings is 1. The van der Waals surface area contributed by atoms with E-state index in [1.165, 1.54) is 25.7 Å². The second-order valence-corrected chi connectivity index (χ2v) is 6.32. The average Bonchev–Trinajstić information content (AvgIpc) is 2.96. The molecule has 118 valence electrons. The van der Waals surface area contributed by atoms with Crippen LogP contribution in [0, 0.1) is 5.92 Å². The molecule has 1 aliphatic carbocycles. The Morgan fingerprint density at radius 1 is 1.32 bits per heavy atom. The summed E-state index contributed by atoms with van der Waals surface area (Å²) in [5.74, 6) is 0.357. The number of benzene rings is 1. The van der Waals surface area contributed by atoms with Crippen LogP contribution in [0.4, 0.5) is 5.69 Å². The minimum absolute atomic E-state index is 0.171. The molecule has 4 heteroatoms. The number of aryl methyl sites for hydroxylation is 1. The standard InChI is InChI=1S/C18H25N3O/c1-2-3-11-21-13-19-16-12-15(9-10-17(16)21)20-18(22)14-7-5-4-6-8-14/h9-10,12-14H,2-8,11H2,1H3,(H,20,22). The Hall–Kier alpha value is -1.84. The third kappa shape index (κ3) is 3.32. The van der Waals surface area contributed by atoms with E-state index in [2.05, 4.69) is 27.9 Å². The molecule has 1 aromatic carbocycles. The minimum atomic E-state index is 0.171. The summed E-state index contributed by atoms with van der Waals surface area (Å²) < 4.78 is 2.19. The maximum Gasteiger partial charge on any atom is 0.227 e. The Labute approximate surface area is 131 Å². The monoisotopic (exact) mass is 299 g/mol. The summed E-state index contributed by atoms with van der Waals surface area (Å²) in [7, 11) is 0. The van der Waals surface area contributed by atoms with Gasteiger partial charge in [-0.25, -0.2) is 4.98 Å². The van der Waals surface area contributed by atoms with Crippen molar-refractivity contribution in [2.45, 2.75) is 58.4 Å². The number of hydrogen-bond donors (Lipinski definition) is 1. The summed E-state index contributed by atoms with van der Waals surface area (Å²) in [6.07, 6.45) is 9.91. The number of fused-ring (bicyclic) bond motifs is 1. The first kappa shape index (κ1) is 15.1. The predicted octanol–water partition coefficient (Wildman–Crippen LogP) is 4.36. The van der Waals surface area contributed by atoms with Crippen LogP contribution in [0.5, 0.6) is 0 Å². The number of carbonyl (C=O) groups excluding carboxylic acids is 1. The Balaban J connectivity index is 1.70. The van der Waals surface area contributed by atoms with Crippen LogP contribution < -0.4 is 5.32 Å². The highest BCUT2D eigenvalue weighted by Gasteiger charge is 2.21. The van der Waals surface area contributed by atoms with Gasteiger partial charge in [0.25, 0.3) is 0 Å². The van der Waals surface area contributed by atoms with Crippen molar-refractivity contribution in [2.24, 2.45) is 5.92 Å². The summed E-state index contributed by atoms with van der Waals surface area (Å²) >= 11 is 0. The van der Waals surface area contributed by atoms with Gasteiger partial charge in [0.1, 0.15) is 0 Å². The van der Waals surface area contributed by atoms with Crippen molar-refractivity contribution >= 4 is 22.6 Å². The number of nitrogens with zero attached hydrogens (tertiary/aromatic N) is 2. The average molecular weight is 299 g/mol. The number of anilines is 1. The molecular weight excluding hydrogens is 274 g/mol. The third-order valence-electron chi connectivity index (χ3n) is 4.62. The molecule has 1 aliphatic rings. The molecule has 0 saturated heterocycles. The van der Waals surface area contributed by atoms with Gasteiger partial charge in [0.15, 0.2) is 0 Å². The van der Waals surface area contributed by atoms with E-state index in [1.54, 1.807) is 0 Å². The van der Waals surface area contributed by atoms with Crippen LogP contribution in [-0.2, 0) is 11.3 Å². The largest absolute Gasteiger partial charge is 0.331 e. The van der Waals surface area contributed by atoms with Crippen molar-refractivity contribution in [3.63, 3.8) is 0 Å². The van der Waals surface area contributed by atoms with Crippen LogP contribution in [0.2, 0.25) is 0 Å². The van der Waals surface area contributed by atoms with Gasteiger partial charge in [0.2, 0.25) is 5.91 Å². The Kier molecular flexibility index (Phi) is 4.76. The summed E-state index contributed by atoms with van der Waals surface area (Å²) in [6.45, 7) is 3.19. The van der Waals surface area contributed by atoms with Gasteiger partial charge >= 0.3 is 0 Å². The molecule has 1 amide bonds. The Morgan fingerprint density at radius 3 is 2.91 bits per heavy atom. The lowest BCUT2D eigenvalue weighted by Gasteiger charge is -2.20. The van der Waals surface area contributed by atoms with Crippen molar-refractivity contribution in [3.05, 3.63) is 24.5 Å². The molecule has 4 nitrogen and oxygen atoms in total. The number of carbonyl (C=O) groups is 1. The highest BCUT2D eigenvalue weighted by Crippen LogP contribution is 2.26. The van der Waals surface area contributed by atoms with E-state index in [-0.39, 0.29) is 11.8 Å². The van der Waals surface area contributed by atoms with Crippen molar-refractivity contribution in [1.82, 2.24) is 9.55 Å². The summed E-state index contributed by atoms with van der Waals surface area (Å²) in [6, 6.07) is 6.04. The molecule has 0 radical (unpaired) electrons. The van der Waals surface area contributed by atoms with Gasteiger partial charge in [-0.15, -0.1) is 0 Å². The number of amides is 1. The quantitative estimate of drug-likeness (QED) is 0.892. The van der Waals surface area contributed by atoms with E-state index < -0.39 is 0 Å². The van der Waals surface area contributed by atoms with E-state index in [4.69, 9.17) is 0 Å². The third-order valence-corrected chi connectivity index (χ3v) is 4.62. The fourth-order valence-corrected chi connectivity index (χ4v) is 3.26. The fraction of sp³-hybridized carbons (Fsp3) is 0.556. The minimum Gasteiger partial charge on any atom is -0.331 e. The maximum absolute atomic E-state index is 12.3. The van der Waals surface area contributed by atoms with E-state index >= 15 is 0 Å². The molecule has 1 N–H and O–H groups in total. The molecule has 1 fully saturated rings. The maximum atomic E-state index is 12.3. The first-order valence-electron chi connectivity index (χ1n) is 8.53. The predicted molar refractivity (Wildman–Crippen MR) is 89.8 cm³/mol. The molecule has 22 heavy (non-hydrogen) atoms. The van der Waals surface area contributed by atoms with Crippen molar-refractivity contribution < 1.29 is 4.79 Å². The number of hydrogen-bond acceptors (Lipinski definition) is 2. The zero-order valence-corrected chi connectivity index (χ0v) is 13.3. The lowest BCUT2D eigenvalue weighted by molar-refractivity contribution is -0.120. The van der Waals surface area contributed by atoms with E-state index in [1.807, 2.05) is 18.5 Å². The second-order valence-electron chi connectivity index (χ2n) is 6.32. The van der Waals surface area contributed by atoms with E-state index in [0.29, 0.717) is 0 Å². The van der Waals surface area contributed by atoms with E-state index in [0.717, 1.165) is 42.5 Å². The highest BCUT2D eigenvalue weighted by atomic mass is 16.1. The van der Waals surface area contributed by atoms with Crippen LogP contribution in [0.25, 0.3) is 11.0 Å². The molecule has 3 rings (SSSR count). The van der Waals surface area contributed by atoms with Gasteiger partial charge in [0, 0.05) is 18.2 Å². The SMILES string of the molecule is CCCCn1cnc2cc(NC(=O)C3CCCCC3)ccc21. The summed E-state index contributed by atoms with van der Waals surface area (Å²) in [4.78, 5) is 16.8. The summed E-state index contributed by atoms with van der Waals surface area (Å²) in [5.41, 5.74) is 2.96. The molecule has 2 aromatic rings. The number of unbranched alkanes of at least 4 members (excludes halogenated alkanes) is 1. The molecular formula is C18H25N3O. The van der Waals surface area contributed by atoms with Crippen molar-refractivity contribution in [2.75, 3.05) is 5.32 Å². The Morgan fingerprint density at radius 2 is 2.14 bits per heavy atom. The van der Waals surface area contributed by atoms with Gasteiger partial charge in [-0.05, 0) is 37.5 Å². The second kappa shape index (κ2) is 6.95. The smallest absolute Gasteiger partial charge is 0.227 e. The fourth-order valence-electron chi connectivity index (χ4n) is 3.26. The van der Waals surface area contributed by atoms with Gasteiger partial charge in [0.05, 0.1) is 17.4 Å². The van der Waals surface area contributed by atoms with Gasteiger partial charge in [-0.3, -0.25) is 4.79 Å². The van der Waals surface area contributed by atoms with Gasteiger partial charge < -0.3 is 9.88 Å². The molecule has 1 heterocycles. The molecule has 0 spiro atoms. The molecule has 0 unspecified atom stereocenters. The van der Waals surface area contributed by atoms with Crippen molar-refractivity contribution in [3.8, 4) is 0 Å². The number of rotatable bonds is 5. The zero-order valence-electron chi connectivity index (χ0n) is 13.3. The van der Waals surface area contributed by atoms with Gasteiger partial charge in [-0.1, -0.05) is 32.6 Å². The molecule has 1 aromatic heterocycles. The first-order valence-corrected chi connectivity index (χ1v) is 8.53. The Bertz CT molecular complexity index is 641. The molecule has 0 atom stereocenters. The normalized spacial score (nSPS) is 16.0. The van der Waals surface area contributed by atoms with Gasteiger partial charge in [-0.2, -0.15) is 0 Å². The first-order chi connectivity index (χ1) is 10.8. The lowest BCUT2D eigenvalue weighted by atomic mass is 9.88. The summed E-state index contributed by atoms with van der Waals surface area (Å²) in [5, 5.41) is 3.07. The van der Waals surface area contributed by atoms with Crippen LogP contribution in [-0.4, -0.2) is 15.5 Å². The number of nitrogens with one attached hydrogen (secondary N) is 1. The van der Waals surface area contributed by atoms with Crippen LogP contribution in [0.3, 0.4) is 0 Å². The highest BCUT2D eigenvalue weighted by molar-refractivity contribution is 5.94.